The van der Waals surface area contributed by atoms with Crippen molar-refractivity contribution in [2.75, 3.05) is 6.54 Å². The van der Waals surface area contributed by atoms with Crippen molar-refractivity contribution in [3.05, 3.63) is 34.3 Å². The molecular weight excluding hydrogens is 370 g/mol. The molecule has 1 aliphatic heterocycles. The van der Waals surface area contributed by atoms with E-state index in [2.05, 4.69) is 15.9 Å². The summed E-state index contributed by atoms with van der Waals surface area (Å²) in [5.41, 5.74) is 0.414. The largest absolute Gasteiger partial charge is 0.480 e. The lowest BCUT2D eigenvalue weighted by Crippen LogP contribution is -2.41. The van der Waals surface area contributed by atoms with E-state index in [-0.39, 0.29) is 17.1 Å². The molecule has 1 fully saturated rings. The van der Waals surface area contributed by atoms with Gasteiger partial charge in [-0.05, 0) is 37.1 Å². The molecule has 5 nitrogen and oxygen atoms in total. The zero-order valence-corrected chi connectivity index (χ0v) is 14.0. The van der Waals surface area contributed by atoms with Crippen molar-refractivity contribution in [3.8, 4) is 0 Å². The van der Waals surface area contributed by atoms with E-state index >= 15 is 0 Å². The van der Waals surface area contributed by atoms with Gasteiger partial charge in [-0.3, -0.25) is 9.59 Å². The van der Waals surface area contributed by atoms with E-state index in [4.69, 9.17) is 17.3 Å². The maximum absolute atomic E-state index is 12.2. The molecule has 1 aromatic carbocycles. The van der Waals surface area contributed by atoms with Crippen LogP contribution in [0.3, 0.4) is 0 Å². The van der Waals surface area contributed by atoms with Crippen LogP contribution >= 0.6 is 28.1 Å². The van der Waals surface area contributed by atoms with Crippen LogP contribution in [0, 0.1) is 0 Å². The number of nitrogens with zero attached hydrogens (tertiary/aromatic N) is 1. The van der Waals surface area contributed by atoms with Gasteiger partial charge >= 0.3 is 5.97 Å². The molecule has 1 aliphatic rings. The Morgan fingerprint density at radius 2 is 1.91 bits per heavy atom. The summed E-state index contributed by atoms with van der Waals surface area (Å²) < 4.78 is 0.840. The highest BCUT2D eigenvalue weighted by Crippen LogP contribution is 2.19. The summed E-state index contributed by atoms with van der Waals surface area (Å²) in [6, 6.07) is 5.88. The number of rotatable bonds is 5. The van der Waals surface area contributed by atoms with Crippen molar-refractivity contribution in [3.63, 3.8) is 0 Å². The number of ketones is 1. The Morgan fingerprint density at radius 1 is 1.27 bits per heavy atom. The molecule has 0 bridgehead atoms. The van der Waals surface area contributed by atoms with Gasteiger partial charge in [-0.15, -0.1) is 0 Å². The molecule has 1 saturated heterocycles. The molecule has 0 unspecified atom stereocenters. The van der Waals surface area contributed by atoms with Crippen LogP contribution < -0.4 is 0 Å². The third-order valence-corrected chi connectivity index (χ3v) is 4.39. The van der Waals surface area contributed by atoms with E-state index in [1.807, 2.05) is 0 Å². The molecule has 1 aromatic rings. The molecule has 1 N–H and O–H groups in total. The summed E-state index contributed by atoms with van der Waals surface area (Å²) in [5.74, 6) is -1.79. The number of hydrogen-bond donors (Lipinski definition) is 1. The molecule has 116 valence electrons. The van der Waals surface area contributed by atoms with Crippen LogP contribution in [-0.2, 0) is 9.59 Å². The second-order valence-electron chi connectivity index (χ2n) is 5.02. The molecule has 22 heavy (non-hydrogen) atoms. The van der Waals surface area contributed by atoms with Crippen molar-refractivity contribution < 1.29 is 19.5 Å². The molecule has 0 saturated carbocycles. The monoisotopic (exact) mass is 383 g/mol. The van der Waals surface area contributed by atoms with Crippen molar-refractivity contribution in [2.45, 2.75) is 25.3 Å². The number of carboxylic acids is 1. The van der Waals surface area contributed by atoms with Gasteiger partial charge in [0.2, 0.25) is 5.91 Å². The number of halogens is 1. The lowest BCUT2D eigenvalue weighted by atomic mass is 10.1. The first kappa shape index (κ1) is 16.8. The smallest absolute Gasteiger partial charge is 0.326 e. The minimum atomic E-state index is -1.02. The average molecular weight is 384 g/mol. The minimum absolute atomic E-state index is 0.00311. The SMILES string of the molecule is O=C(C(=S)CC(=O)N1CCC[C@H]1C(=O)O)c1ccc(Br)cc1. The maximum Gasteiger partial charge on any atom is 0.326 e. The highest BCUT2D eigenvalue weighted by molar-refractivity contribution is 9.10. The van der Waals surface area contributed by atoms with E-state index in [9.17, 15) is 14.4 Å². The molecule has 1 heterocycles. The van der Waals surface area contributed by atoms with E-state index in [1.54, 1.807) is 24.3 Å². The molecule has 0 spiro atoms. The van der Waals surface area contributed by atoms with Crippen LogP contribution in [0.5, 0.6) is 0 Å². The number of amides is 1. The summed E-state index contributed by atoms with van der Waals surface area (Å²) >= 11 is 8.33. The normalized spacial score (nSPS) is 17.3. The maximum atomic E-state index is 12.2. The molecule has 0 aromatic heterocycles. The average Bonchev–Trinajstić information content (AvgIpc) is 2.97. The highest BCUT2D eigenvalue weighted by atomic mass is 79.9. The molecular formula is C15H14BrNO4S. The van der Waals surface area contributed by atoms with Gasteiger partial charge in [0.15, 0.2) is 5.78 Å². The predicted molar refractivity (Wildman–Crippen MR) is 88.1 cm³/mol. The van der Waals surface area contributed by atoms with Gasteiger partial charge in [0, 0.05) is 16.6 Å². The topological polar surface area (TPSA) is 74.7 Å². The van der Waals surface area contributed by atoms with Crippen LogP contribution in [0.2, 0.25) is 0 Å². The Labute approximate surface area is 141 Å². The van der Waals surface area contributed by atoms with E-state index in [0.29, 0.717) is 24.9 Å². The number of carboxylic acid groups (broad SMARTS) is 1. The second-order valence-corrected chi connectivity index (χ2v) is 6.43. The fourth-order valence-corrected chi connectivity index (χ4v) is 2.91. The molecule has 7 heteroatoms. The van der Waals surface area contributed by atoms with Gasteiger partial charge in [-0.25, -0.2) is 4.79 Å². The van der Waals surface area contributed by atoms with Crippen LogP contribution in [0.25, 0.3) is 0 Å². The van der Waals surface area contributed by atoms with Crippen molar-refractivity contribution in [1.82, 2.24) is 4.90 Å². The van der Waals surface area contributed by atoms with E-state index < -0.39 is 17.9 Å². The quantitative estimate of drug-likeness (QED) is 0.624. The molecule has 2 rings (SSSR count). The lowest BCUT2D eigenvalue weighted by molar-refractivity contribution is -0.147. The number of carbonyl (C=O) groups is 3. The number of thiocarbonyl (C=S) groups is 1. The molecule has 0 aliphatic carbocycles. The van der Waals surface area contributed by atoms with Crippen LogP contribution in [-0.4, -0.2) is 45.1 Å². The van der Waals surface area contributed by atoms with Gasteiger partial charge in [0.25, 0.3) is 0 Å². The first-order valence-electron chi connectivity index (χ1n) is 6.75. The lowest BCUT2D eigenvalue weighted by Gasteiger charge is -2.21. The Hall–Kier alpha value is -1.60. The van der Waals surface area contributed by atoms with Gasteiger partial charge < -0.3 is 10.0 Å². The summed E-state index contributed by atoms with van der Waals surface area (Å²) in [6.07, 6.45) is 0.860. The third kappa shape index (κ3) is 3.78. The van der Waals surface area contributed by atoms with Crippen LogP contribution in [0.1, 0.15) is 29.6 Å². The first-order chi connectivity index (χ1) is 10.4. The van der Waals surface area contributed by atoms with Crippen LogP contribution in [0.4, 0.5) is 0 Å². The van der Waals surface area contributed by atoms with Crippen LogP contribution in [0.15, 0.2) is 28.7 Å². The molecule has 1 atom stereocenters. The molecule has 0 radical (unpaired) electrons. The number of hydrogen-bond acceptors (Lipinski definition) is 4. The van der Waals surface area contributed by atoms with Gasteiger partial charge in [0.05, 0.1) is 11.3 Å². The number of benzene rings is 1. The van der Waals surface area contributed by atoms with Crippen molar-refractivity contribution >= 4 is 50.7 Å². The summed E-state index contributed by atoms with van der Waals surface area (Å²) in [6.45, 7) is 0.394. The van der Waals surface area contributed by atoms with Crippen molar-refractivity contribution in [1.29, 1.82) is 0 Å². The van der Waals surface area contributed by atoms with E-state index in [0.717, 1.165) is 4.47 Å². The summed E-state index contributed by atoms with van der Waals surface area (Å²) in [4.78, 5) is 36.7. The fraction of sp³-hybridized carbons (Fsp3) is 0.333. The summed E-state index contributed by atoms with van der Waals surface area (Å²) in [7, 11) is 0. The standard InChI is InChI=1S/C15H14BrNO4S/c16-10-5-3-9(4-6-10)14(19)12(22)8-13(18)17-7-1-2-11(17)15(20)21/h3-6,11H,1-2,7-8H2,(H,20,21)/t11-/m0/s1. The van der Waals surface area contributed by atoms with E-state index in [1.165, 1.54) is 4.90 Å². The predicted octanol–water partition coefficient (Wildman–Crippen LogP) is 2.47. The zero-order valence-electron chi connectivity index (χ0n) is 11.6. The molecule has 1 amide bonds. The Bertz CT molecular complexity index is 629. The minimum Gasteiger partial charge on any atom is -0.480 e. The number of carbonyl (C=O) groups excluding carboxylic acids is 2. The number of likely N-dealkylation sites (tertiary alicyclic amines) is 1. The Balaban J connectivity index is 2.02. The number of aliphatic carboxylic acids is 1. The third-order valence-electron chi connectivity index (χ3n) is 3.53. The van der Waals surface area contributed by atoms with Crippen molar-refractivity contribution in [2.24, 2.45) is 0 Å². The summed E-state index contributed by atoms with van der Waals surface area (Å²) in [5, 5.41) is 9.08. The van der Waals surface area contributed by atoms with Gasteiger partial charge in [0.1, 0.15) is 6.04 Å². The first-order valence-corrected chi connectivity index (χ1v) is 7.95. The second kappa shape index (κ2) is 7.11. The van der Waals surface area contributed by atoms with Gasteiger partial charge in [-0.1, -0.05) is 28.1 Å². The highest BCUT2D eigenvalue weighted by Gasteiger charge is 2.34. The van der Waals surface area contributed by atoms with Gasteiger partial charge in [-0.2, -0.15) is 0 Å². The zero-order chi connectivity index (χ0) is 16.3. The Morgan fingerprint density at radius 3 is 2.50 bits per heavy atom. The Kier molecular flexibility index (Phi) is 5.42. The number of Topliss-reactive ketones (excluding diaryl/α,β-unsaturated/α-hetero) is 1. The fourth-order valence-electron chi connectivity index (χ4n) is 2.40.